The van der Waals surface area contributed by atoms with Gasteiger partial charge in [-0.15, -0.1) is 0 Å². The molecule has 0 heterocycles. The first-order valence-electron chi connectivity index (χ1n) is 4.76. The van der Waals surface area contributed by atoms with Gasteiger partial charge < -0.3 is 0 Å². The van der Waals surface area contributed by atoms with Crippen molar-refractivity contribution >= 4 is 0 Å². The van der Waals surface area contributed by atoms with Crippen LogP contribution in [0.25, 0.3) is 0 Å². The van der Waals surface area contributed by atoms with Crippen molar-refractivity contribution in [3.05, 3.63) is 0 Å². The molecular weight excluding hydrogens is 120 g/mol. The van der Waals surface area contributed by atoms with Crippen molar-refractivity contribution in [1.82, 2.24) is 0 Å². The molecule has 0 spiro atoms. The average molecular weight is 142 g/mol. The Balaban J connectivity index is 3.56. The van der Waals surface area contributed by atoms with Gasteiger partial charge in [0.15, 0.2) is 0 Å². The van der Waals surface area contributed by atoms with Crippen LogP contribution in [0.1, 0.15) is 53.4 Å². The zero-order valence-electron chi connectivity index (χ0n) is 7.98. The summed E-state index contributed by atoms with van der Waals surface area (Å²) < 4.78 is 0. The maximum Gasteiger partial charge on any atom is -0.0391 e. The van der Waals surface area contributed by atoms with E-state index in [1.807, 2.05) is 0 Å². The largest absolute Gasteiger partial charge is 0.0654 e. The van der Waals surface area contributed by atoms with E-state index in [2.05, 4.69) is 27.7 Å². The molecule has 0 aromatic carbocycles. The van der Waals surface area contributed by atoms with E-state index in [9.17, 15) is 0 Å². The molecule has 0 fully saturated rings. The lowest BCUT2D eigenvalue weighted by molar-refractivity contribution is 0.315. The first kappa shape index (κ1) is 10.0. The summed E-state index contributed by atoms with van der Waals surface area (Å²) in [6.07, 6.45) is 5.48. The third-order valence-corrected chi connectivity index (χ3v) is 2.63. The van der Waals surface area contributed by atoms with Crippen LogP contribution in [0.5, 0.6) is 0 Å². The van der Waals surface area contributed by atoms with Gasteiger partial charge >= 0.3 is 0 Å². The molecule has 0 heteroatoms. The van der Waals surface area contributed by atoms with Gasteiger partial charge in [0, 0.05) is 0 Å². The molecule has 2 atom stereocenters. The second-order valence-corrected chi connectivity index (χ2v) is 3.34. The molecule has 0 aromatic heterocycles. The van der Waals surface area contributed by atoms with Crippen molar-refractivity contribution in [3.8, 4) is 0 Å². The fourth-order valence-corrected chi connectivity index (χ4v) is 1.60. The van der Waals surface area contributed by atoms with Gasteiger partial charge in [-0.05, 0) is 11.8 Å². The minimum Gasteiger partial charge on any atom is -0.0654 e. The summed E-state index contributed by atoms with van der Waals surface area (Å²) in [5.74, 6) is 1.92. The zero-order valence-corrected chi connectivity index (χ0v) is 7.98. The van der Waals surface area contributed by atoms with Gasteiger partial charge in [-0.2, -0.15) is 0 Å². The molecule has 0 aliphatic rings. The van der Waals surface area contributed by atoms with Crippen molar-refractivity contribution < 1.29 is 0 Å². The quantitative estimate of drug-likeness (QED) is 0.547. The van der Waals surface area contributed by atoms with Crippen LogP contribution in [0, 0.1) is 11.8 Å². The third-order valence-electron chi connectivity index (χ3n) is 2.63. The summed E-state index contributed by atoms with van der Waals surface area (Å²) >= 11 is 0. The summed E-state index contributed by atoms with van der Waals surface area (Å²) in [5.41, 5.74) is 0. The molecule has 10 heavy (non-hydrogen) atoms. The fraction of sp³-hybridized carbons (Fsp3) is 1.00. The highest BCUT2D eigenvalue weighted by molar-refractivity contribution is 4.62. The third kappa shape index (κ3) is 3.24. The molecular formula is C10H22. The lowest BCUT2D eigenvalue weighted by Gasteiger charge is -2.20. The number of hydrogen-bond acceptors (Lipinski definition) is 0. The molecule has 0 N–H and O–H groups in total. The Bertz CT molecular complexity index is 66.4. The Kier molecular flexibility index (Phi) is 5.76. The molecule has 1 unspecified atom stereocenters. The molecule has 0 amide bonds. The van der Waals surface area contributed by atoms with Crippen LogP contribution in [-0.4, -0.2) is 0 Å². The molecule has 0 nitrogen and oxygen atoms in total. The summed E-state index contributed by atoms with van der Waals surface area (Å²) in [4.78, 5) is 0. The van der Waals surface area contributed by atoms with E-state index in [1.165, 1.54) is 25.7 Å². The molecule has 0 aliphatic carbocycles. The first-order chi connectivity index (χ1) is 4.76. The summed E-state index contributed by atoms with van der Waals surface area (Å²) in [6, 6.07) is 0. The SMILES string of the molecule is CCCC(CC)[C@@H](C)CC. The molecule has 0 saturated heterocycles. The fourth-order valence-electron chi connectivity index (χ4n) is 1.60. The monoisotopic (exact) mass is 142 g/mol. The van der Waals surface area contributed by atoms with E-state index in [-0.39, 0.29) is 0 Å². The van der Waals surface area contributed by atoms with Crippen LogP contribution in [-0.2, 0) is 0 Å². The van der Waals surface area contributed by atoms with E-state index in [1.54, 1.807) is 0 Å². The van der Waals surface area contributed by atoms with E-state index in [0.717, 1.165) is 11.8 Å². The minimum atomic E-state index is 0.935. The number of hydrogen-bond donors (Lipinski definition) is 0. The molecule has 62 valence electrons. The van der Waals surface area contributed by atoms with E-state index >= 15 is 0 Å². The highest BCUT2D eigenvalue weighted by atomic mass is 14.2. The predicted molar refractivity (Wildman–Crippen MR) is 48.1 cm³/mol. The minimum absolute atomic E-state index is 0.935. The summed E-state index contributed by atoms with van der Waals surface area (Å²) in [6.45, 7) is 9.27. The maximum absolute atomic E-state index is 2.38. The Morgan fingerprint density at radius 3 is 1.90 bits per heavy atom. The van der Waals surface area contributed by atoms with Gasteiger partial charge in [-0.1, -0.05) is 53.4 Å². The highest BCUT2D eigenvalue weighted by Gasteiger charge is 2.11. The van der Waals surface area contributed by atoms with Gasteiger partial charge in [0.2, 0.25) is 0 Å². The zero-order chi connectivity index (χ0) is 7.98. The molecule has 0 radical (unpaired) electrons. The van der Waals surface area contributed by atoms with E-state index in [0.29, 0.717) is 0 Å². The van der Waals surface area contributed by atoms with Crippen molar-refractivity contribution in [2.24, 2.45) is 11.8 Å². The van der Waals surface area contributed by atoms with Crippen LogP contribution in [0.3, 0.4) is 0 Å². The first-order valence-corrected chi connectivity index (χ1v) is 4.76. The highest BCUT2D eigenvalue weighted by Crippen LogP contribution is 2.22. The van der Waals surface area contributed by atoms with Crippen LogP contribution in [0.4, 0.5) is 0 Å². The second kappa shape index (κ2) is 5.76. The Morgan fingerprint density at radius 1 is 1.00 bits per heavy atom. The van der Waals surface area contributed by atoms with Gasteiger partial charge in [0.25, 0.3) is 0 Å². The normalized spacial score (nSPS) is 16.8. The van der Waals surface area contributed by atoms with Gasteiger partial charge in [0.05, 0.1) is 0 Å². The van der Waals surface area contributed by atoms with Gasteiger partial charge in [-0.25, -0.2) is 0 Å². The molecule has 0 aliphatic heterocycles. The van der Waals surface area contributed by atoms with Crippen LogP contribution in [0.15, 0.2) is 0 Å². The smallest absolute Gasteiger partial charge is 0.0391 e. The van der Waals surface area contributed by atoms with Crippen LogP contribution >= 0.6 is 0 Å². The Hall–Kier alpha value is 0. The lowest BCUT2D eigenvalue weighted by atomic mass is 9.86. The predicted octanol–water partition coefficient (Wildman–Crippen LogP) is 3.86. The topological polar surface area (TPSA) is 0 Å². The molecule has 0 bridgehead atoms. The molecule has 0 aromatic rings. The summed E-state index contributed by atoms with van der Waals surface area (Å²) in [5, 5.41) is 0. The van der Waals surface area contributed by atoms with Crippen molar-refractivity contribution in [1.29, 1.82) is 0 Å². The van der Waals surface area contributed by atoms with Gasteiger partial charge in [0.1, 0.15) is 0 Å². The second-order valence-electron chi connectivity index (χ2n) is 3.34. The summed E-state index contributed by atoms with van der Waals surface area (Å²) in [7, 11) is 0. The van der Waals surface area contributed by atoms with Crippen molar-refractivity contribution in [3.63, 3.8) is 0 Å². The molecule has 0 rings (SSSR count). The van der Waals surface area contributed by atoms with E-state index < -0.39 is 0 Å². The Morgan fingerprint density at radius 2 is 1.60 bits per heavy atom. The maximum atomic E-state index is 2.38. The van der Waals surface area contributed by atoms with Gasteiger partial charge in [-0.3, -0.25) is 0 Å². The Labute approximate surface area is 66.0 Å². The van der Waals surface area contributed by atoms with Crippen molar-refractivity contribution in [2.75, 3.05) is 0 Å². The number of rotatable bonds is 5. The van der Waals surface area contributed by atoms with Crippen molar-refractivity contribution in [2.45, 2.75) is 53.4 Å². The molecule has 0 saturated carbocycles. The van der Waals surface area contributed by atoms with Crippen LogP contribution in [0.2, 0.25) is 0 Å². The van der Waals surface area contributed by atoms with E-state index in [4.69, 9.17) is 0 Å². The standard InChI is InChI=1S/C10H22/c1-5-8-10(7-3)9(4)6-2/h9-10H,5-8H2,1-4H3/t9-,10?/m0/s1. The lowest BCUT2D eigenvalue weighted by Crippen LogP contribution is -2.09. The average Bonchev–Trinajstić information content (AvgIpc) is 1.99. The van der Waals surface area contributed by atoms with Crippen LogP contribution < -0.4 is 0 Å².